The van der Waals surface area contributed by atoms with Crippen molar-refractivity contribution in [1.82, 2.24) is 5.32 Å². The van der Waals surface area contributed by atoms with Crippen LogP contribution in [0.1, 0.15) is 5.56 Å². The quantitative estimate of drug-likeness (QED) is 0.602. The molecule has 3 heteroatoms. The molecule has 1 aromatic rings. The largest absolute Gasteiger partial charge is 0.316 e. The van der Waals surface area contributed by atoms with Crippen LogP contribution in [-0.4, -0.2) is 18.8 Å². The van der Waals surface area contributed by atoms with Crippen molar-refractivity contribution in [2.75, 3.05) is 13.6 Å². The van der Waals surface area contributed by atoms with Crippen molar-refractivity contribution in [3.63, 3.8) is 0 Å². The molecule has 0 aliphatic rings. The molecule has 0 aromatic heterocycles. The predicted molar refractivity (Wildman–Crippen MR) is 64.1 cm³/mol. The van der Waals surface area contributed by atoms with E-state index in [1.54, 1.807) is 0 Å². The van der Waals surface area contributed by atoms with Gasteiger partial charge in [0.05, 0.1) is 10.8 Å². The van der Waals surface area contributed by atoms with Crippen molar-refractivity contribution < 1.29 is 0 Å². The second-order valence-electron chi connectivity index (χ2n) is 2.72. The van der Waals surface area contributed by atoms with E-state index in [-0.39, 0.29) is 0 Å². The Labute approximate surface area is 89.4 Å². The molecule has 0 saturated carbocycles. The number of likely N-dealkylation sites (N-methyl/N-ethyl adjacent to an activating group) is 1. The van der Waals surface area contributed by atoms with Gasteiger partial charge in [-0.1, -0.05) is 30.4 Å². The van der Waals surface area contributed by atoms with Crippen molar-refractivity contribution >= 4 is 29.1 Å². The predicted octanol–water partition coefficient (Wildman–Crippen LogP) is 2.65. The average Bonchev–Trinajstić information content (AvgIpc) is 2.21. The van der Waals surface area contributed by atoms with E-state index < -0.39 is 0 Å². The van der Waals surface area contributed by atoms with Gasteiger partial charge in [-0.15, -0.1) is 0 Å². The minimum atomic E-state index is 0.843. The van der Waals surface area contributed by atoms with Crippen LogP contribution in [0.15, 0.2) is 35.3 Å². The van der Waals surface area contributed by atoms with Crippen molar-refractivity contribution in [1.29, 1.82) is 0 Å². The molecule has 0 saturated heterocycles. The minimum absolute atomic E-state index is 0.843. The molecule has 1 rings (SSSR count). The monoisotopic (exact) mass is 204 g/mol. The molecule has 0 aliphatic heterocycles. The molecule has 0 aliphatic carbocycles. The van der Waals surface area contributed by atoms with Gasteiger partial charge in [-0.2, -0.15) is 4.99 Å². The molecule has 0 amide bonds. The second-order valence-corrected chi connectivity index (χ2v) is 2.90. The van der Waals surface area contributed by atoms with Gasteiger partial charge in [-0.3, -0.25) is 0 Å². The third kappa shape index (κ3) is 3.23. The molecule has 0 unspecified atom stereocenters. The smallest absolute Gasteiger partial charge is 0.0811 e. The Bertz CT molecular complexity index is 365. The summed E-state index contributed by atoms with van der Waals surface area (Å²) in [6.45, 7) is 0.843. The first kappa shape index (κ1) is 10.8. The summed E-state index contributed by atoms with van der Waals surface area (Å²) in [6.07, 6.45) is 4.06. The molecule has 0 spiro atoms. The van der Waals surface area contributed by atoms with E-state index in [4.69, 9.17) is 0 Å². The number of benzene rings is 1. The molecule has 0 atom stereocenters. The van der Waals surface area contributed by atoms with Crippen LogP contribution in [0.2, 0.25) is 0 Å². The lowest BCUT2D eigenvalue weighted by atomic mass is 10.1. The van der Waals surface area contributed by atoms with Crippen LogP contribution in [-0.2, 0) is 0 Å². The lowest BCUT2D eigenvalue weighted by Gasteiger charge is -1.97. The van der Waals surface area contributed by atoms with Gasteiger partial charge >= 0.3 is 0 Å². The number of nitrogens with zero attached hydrogens (tertiary/aromatic N) is 1. The third-order valence-electron chi connectivity index (χ3n) is 1.72. The zero-order chi connectivity index (χ0) is 10.2. The van der Waals surface area contributed by atoms with Crippen LogP contribution in [0.25, 0.3) is 6.08 Å². The number of thiocarbonyl (C=S) groups is 1. The van der Waals surface area contributed by atoms with Crippen LogP contribution in [0.5, 0.6) is 0 Å². The maximum absolute atomic E-state index is 4.58. The van der Waals surface area contributed by atoms with Gasteiger partial charge in [0, 0.05) is 12.1 Å². The van der Waals surface area contributed by atoms with E-state index in [0.717, 1.165) is 17.8 Å². The van der Waals surface area contributed by atoms with Crippen molar-refractivity contribution in [2.24, 2.45) is 4.99 Å². The van der Waals surface area contributed by atoms with E-state index in [9.17, 15) is 0 Å². The Balaban J connectivity index is 2.89. The van der Waals surface area contributed by atoms with Crippen molar-refractivity contribution in [3.8, 4) is 0 Å². The van der Waals surface area contributed by atoms with Gasteiger partial charge in [0.15, 0.2) is 0 Å². The highest BCUT2D eigenvalue weighted by atomic mass is 32.1. The van der Waals surface area contributed by atoms with Crippen LogP contribution in [0.3, 0.4) is 0 Å². The molecule has 0 heterocycles. The third-order valence-corrected chi connectivity index (χ3v) is 1.81. The average molecular weight is 204 g/mol. The van der Waals surface area contributed by atoms with E-state index in [1.807, 2.05) is 43.5 Å². The Kier molecular flexibility index (Phi) is 4.79. The standard InChI is InChI=1S/C11H12N2S/c1-12-8-4-6-10-5-2-3-7-11(10)13-9-14/h2-7,12H,8H2,1H3. The number of nitrogens with one attached hydrogen (secondary N) is 1. The van der Waals surface area contributed by atoms with Gasteiger partial charge in [0.25, 0.3) is 0 Å². The minimum Gasteiger partial charge on any atom is -0.316 e. The zero-order valence-electron chi connectivity index (χ0n) is 8.03. The Morgan fingerprint density at radius 2 is 2.29 bits per heavy atom. The number of aliphatic imine (C=N–C) groups is 1. The van der Waals surface area contributed by atoms with Gasteiger partial charge in [-0.05, 0) is 25.3 Å². The van der Waals surface area contributed by atoms with Crippen LogP contribution >= 0.6 is 12.2 Å². The van der Waals surface area contributed by atoms with Gasteiger partial charge in [0.1, 0.15) is 0 Å². The molecule has 1 N–H and O–H groups in total. The number of isothiocyanates is 1. The Morgan fingerprint density at radius 1 is 1.50 bits per heavy atom. The lowest BCUT2D eigenvalue weighted by Crippen LogP contribution is -2.03. The summed E-state index contributed by atoms with van der Waals surface area (Å²) in [7, 11) is 1.91. The fraction of sp³-hybridized carbons (Fsp3) is 0.182. The Morgan fingerprint density at radius 3 is 3.00 bits per heavy atom. The molecule has 72 valence electrons. The van der Waals surface area contributed by atoms with E-state index in [0.29, 0.717) is 0 Å². The summed E-state index contributed by atoms with van der Waals surface area (Å²) < 4.78 is 0. The van der Waals surface area contributed by atoms with Crippen molar-refractivity contribution in [3.05, 3.63) is 35.9 Å². The maximum Gasteiger partial charge on any atom is 0.0811 e. The molecule has 0 bridgehead atoms. The lowest BCUT2D eigenvalue weighted by molar-refractivity contribution is 0.922. The summed E-state index contributed by atoms with van der Waals surface area (Å²) in [6, 6.07) is 7.82. The molecule has 14 heavy (non-hydrogen) atoms. The number of rotatable bonds is 4. The Hall–Kier alpha value is -1.28. The van der Waals surface area contributed by atoms with Gasteiger partial charge in [-0.25, -0.2) is 0 Å². The summed E-state index contributed by atoms with van der Waals surface area (Å²) in [5, 5.41) is 5.41. The van der Waals surface area contributed by atoms with Crippen LogP contribution in [0.4, 0.5) is 5.69 Å². The number of hydrogen-bond donors (Lipinski definition) is 1. The molecule has 1 aromatic carbocycles. The number of para-hydroxylation sites is 1. The van der Waals surface area contributed by atoms with Crippen LogP contribution < -0.4 is 5.32 Å². The van der Waals surface area contributed by atoms with Crippen molar-refractivity contribution in [2.45, 2.75) is 0 Å². The molecule has 2 nitrogen and oxygen atoms in total. The fourth-order valence-electron chi connectivity index (χ4n) is 1.08. The summed E-state index contributed by atoms with van der Waals surface area (Å²) in [5.41, 5.74) is 1.91. The van der Waals surface area contributed by atoms with Gasteiger partial charge in [0.2, 0.25) is 0 Å². The normalized spacial score (nSPS) is 10.1. The molecule has 0 fully saturated rings. The topological polar surface area (TPSA) is 24.4 Å². The summed E-state index contributed by atoms with van der Waals surface area (Å²) in [4.78, 5) is 3.98. The highest BCUT2D eigenvalue weighted by Gasteiger charge is 1.93. The second kappa shape index (κ2) is 6.22. The van der Waals surface area contributed by atoms with Gasteiger partial charge < -0.3 is 5.32 Å². The van der Waals surface area contributed by atoms with E-state index in [2.05, 4.69) is 27.7 Å². The molecular formula is C11H12N2S. The first-order valence-corrected chi connectivity index (χ1v) is 4.77. The SMILES string of the molecule is CNCC=Cc1ccccc1N=C=S. The molecular weight excluding hydrogens is 192 g/mol. The number of hydrogen-bond acceptors (Lipinski definition) is 3. The first-order chi connectivity index (χ1) is 6.88. The molecule has 0 radical (unpaired) electrons. The summed E-state index contributed by atoms with van der Waals surface area (Å²) >= 11 is 4.58. The van der Waals surface area contributed by atoms with E-state index in [1.165, 1.54) is 0 Å². The zero-order valence-corrected chi connectivity index (χ0v) is 8.84. The maximum atomic E-state index is 4.58. The highest BCUT2D eigenvalue weighted by Crippen LogP contribution is 2.18. The summed E-state index contributed by atoms with van der Waals surface area (Å²) in [5.74, 6) is 0. The highest BCUT2D eigenvalue weighted by molar-refractivity contribution is 7.78. The first-order valence-electron chi connectivity index (χ1n) is 4.36. The van der Waals surface area contributed by atoms with Crippen LogP contribution in [0, 0.1) is 0 Å². The van der Waals surface area contributed by atoms with E-state index >= 15 is 0 Å². The fourth-order valence-corrected chi connectivity index (χ4v) is 1.18.